The third-order valence-corrected chi connectivity index (χ3v) is 4.38. The first-order valence-electron chi connectivity index (χ1n) is 6.03. The molecule has 2 saturated heterocycles. The molecule has 2 aliphatic rings. The normalized spacial score (nSPS) is 43.5. The van der Waals surface area contributed by atoms with Crippen LogP contribution in [0.5, 0.6) is 0 Å². The van der Waals surface area contributed by atoms with Gasteiger partial charge in [-0.1, -0.05) is 30.3 Å². The summed E-state index contributed by atoms with van der Waals surface area (Å²) in [4.78, 5) is 2.67. The fourth-order valence-electron chi connectivity index (χ4n) is 3.79. The Morgan fingerprint density at radius 3 is 2.20 bits per heavy atom. The van der Waals surface area contributed by atoms with Crippen LogP contribution < -0.4 is 0 Å². The smallest absolute Gasteiger partial charge is 0.0110 e. The van der Waals surface area contributed by atoms with Gasteiger partial charge >= 0.3 is 0 Å². The van der Waals surface area contributed by atoms with Gasteiger partial charge < -0.3 is 0 Å². The van der Waals surface area contributed by atoms with Crippen LogP contribution in [0.2, 0.25) is 0 Å². The first kappa shape index (κ1) is 9.41. The van der Waals surface area contributed by atoms with Crippen molar-refractivity contribution in [2.24, 2.45) is 0 Å². The molecule has 0 amide bonds. The minimum Gasteiger partial charge on any atom is -0.297 e. The SMILES string of the molecule is CC1CC2(c3ccccc3)CC(C)N1C2. The summed E-state index contributed by atoms with van der Waals surface area (Å²) in [5, 5.41) is 0. The van der Waals surface area contributed by atoms with Crippen molar-refractivity contribution < 1.29 is 0 Å². The second kappa shape index (κ2) is 3.08. The first-order chi connectivity index (χ1) is 7.21. The largest absolute Gasteiger partial charge is 0.297 e. The van der Waals surface area contributed by atoms with E-state index in [0.717, 1.165) is 12.1 Å². The zero-order valence-electron chi connectivity index (χ0n) is 9.61. The van der Waals surface area contributed by atoms with E-state index in [1.807, 2.05) is 0 Å². The lowest BCUT2D eigenvalue weighted by atomic mass is 9.75. The minimum absolute atomic E-state index is 0.472. The highest BCUT2D eigenvalue weighted by Crippen LogP contribution is 2.48. The van der Waals surface area contributed by atoms with Crippen LogP contribution >= 0.6 is 0 Å². The molecule has 0 saturated carbocycles. The van der Waals surface area contributed by atoms with E-state index in [9.17, 15) is 0 Å². The highest BCUT2D eigenvalue weighted by molar-refractivity contribution is 5.31. The van der Waals surface area contributed by atoms with Crippen LogP contribution in [0.3, 0.4) is 0 Å². The highest BCUT2D eigenvalue weighted by atomic mass is 15.2. The average molecular weight is 201 g/mol. The van der Waals surface area contributed by atoms with Crippen LogP contribution in [-0.4, -0.2) is 23.5 Å². The Balaban J connectivity index is 2.00. The Morgan fingerprint density at radius 1 is 1.07 bits per heavy atom. The van der Waals surface area contributed by atoms with Gasteiger partial charge in [0.1, 0.15) is 0 Å². The molecule has 2 heterocycles. The van der Waals surface area contributed by atoms with Crippen molar-refractivity contribution in [3.63, 3.8) is 0 Å². The number of nitrogens with zero attached hydrogens (tertiary/aromatic N) is 1. The van der Waals surface area contributed by atoms with E-state index >= 15 is 0 Å². The number of hydrogen-bond acceptors (Lipinski definition) is 1. The van der Waals surface area contributed by atoms with Gasteiger partial charge in [0.2, 0.25) is 0 Å². The molecular weight excluding hydrogens is 182 g/mol. The Labute approximate surface area is 92.1 Å². The van der Waals surface area contributed by atoms with Crippen LogP contribution in [0.1, 0.15) is 32.3 Å². The quantitative estimate of drug-likeness (QED) is 0.675. The van der Waals surface area contributed by atoms with Gasteiger partial charge in [-0.2, -0.15) is 0 Å². The van der Waals surface area contributed by atoms with Gasteiger partial charge in [-0.15, -0.1) is 0 Å². The van der Waals surface area contributed by atoms with E-state index in [-0.39, 0.29) is 0 Å². The van der Waals surface area contributed by atoms with E-state index in [1.165, 1.54) is 19.4 Å². The second-order valence-electron chi connectivity index (χ2n) is 5.42. The predicted molar refractivity (Wildman–Crippen MR) is 63.0 cm³/mol. The van der Waals surface area contributed by atoms with Crippen molar-refractivity contribution in [1.29, 1.82) is 0 Å². The summed E-state index contributed by atoms with van der Waals surface area (Å²) in [6.45, 7) is 6.03. The molecule has 2 bridgehead atoms. The summed E-state index contributed by atoms with van der Waals surface area (Å²) in [6.07, 6.45) is 2.70. The van der Waals surface area contributed by atoms with Gasteiger partial charge in [0.15, 0.2) is 0 Å². The molecule has 3 rings (SSSR count). The number of benzene rings is 1. The Hall–Kier alpha value is -0.820. The molecule has 2 unspecified atom stereocenters. The lowest BCUT2D eigenvalue weighted by molar-refractivity contribution is 0.206. The molecule has 80 valence electrons. The van der Waals surface area contributed by atoms with Gasteiger partial charge in [0.25, 0.3) is 0 Å². The van der Waals surface area contributed by atoms with E-state index in [4.69, 9.17) is 0 Å². The van der Waals surface area contributed by atoms with Crippen molar-refractivity contribution in [3.8, 4) is 0 Å². The van der Waals surface area contributed by atoms with Gasteiger partial charge in [0, 0.05) is 24.0 Å². The maximum absolute atomic E-state index is 2.67. The summed E-state index contributed by atoms with van der Waals surface area (Å²) < 4.78 is 0. The van der Waals surface area contributed by atoms with Crippen molar-refractivity contribution in [2.75, 3.05) is 6.54 Å². The summed E-state index contributed by atoms with van der Waals surface area (Å²) in [7, 11) is 0. The van der Waals surface area contributed by atoms with Crippen molar-refractivity contribution in [1.82, 2.24) is 4.90 Å². The van der Waals surface area contributed by atoms with Crippen LogP contribution in [0.15, 0.2) is 30.3 Å². The van der Waals surface area contributed by atoms with Gasteiger partial charge in [-0.25, -0.2) is 0 Å². The molecule has 0 N–H and O–H groups in total. The summed E-state index contributed by atoms with van der Waals surface area (Å²) >= 11 is 0. The molecule has 1 aromatic rings. The highest BCUT2D eigenvalue weighted by Gasteiger charge is 2.51. The van der Waals surface area contributed by atoms with Crippen LogP contribution in [-0.2, 0) is 5.41 Å². The molecule has 2 aliphatic heterocycles. The van der Waals surface area contributed by atoms with Gasteiger partial charge in [0.05, 0.1) is 0 Å². The summed E-state index contributed by atoms with van der Waals surface area (Å²) in [5.74, 6) is 0. The average Bonchev–Trinajstić information content (AvgIpc) is 2.74. The van der Waals surface area contributed by atoms with Crippen molar-refractivity contribution >= 4 is 0 Å². The fraction of sp³-hybridized carbons (Fsp3) is 0.571. The van der Waals surface area contributed by atoms with E-state index in [1.54, 1.807) is 5.56 Å². The molecule has 1 aromatic carbocycles. The molecule has 1 heteroatoms. The third-order valence-electron chi connectivity index (χ3n) is 4.38. The predicted octanol–water partition coefficient (Wildman–Crippen LogP) is 2.81. The lowest BCUT2D eigenvalue weighted by Gasteiger charge is -2.32. The zero-order chi connectivity index (χ0) is 10.5. The van der Waals surface area contributed by atoms with Gasteiger partial charge in [-0.3, -0.25) is 4.90 Å². The molecule has 15 heavy (non-hydrogen) atoms. The van der Waals surface area contributed by atoms with E-state index in [0.29, 0.717) is 5.41 Å². The lowest BCUT2D eigenvalue weighted by Crippen LogP contribution is -2.35. The van der Waals surface area contributed by atoms with Crippen LogP contribution in [0.4, 0.5) is 0 Å². The number of hydrogen-bond donors (Lipinski definition) is 0. The summed E-state index contributed by atoms with van der Waals surface area (Å²) in [6, 6.07) is 12.7. The standard InChI is InChI=1S/C14H19N/c1-11-8-14(9-12(2)15(11)10-14)13-6-4-3-5-7-13/h3-7,11-12H,8-10H2,1-2H3. The number of fused-ring (bicyclic) bond motifs is 2. The van der Waals surface area contributed by atoms with Crippen molar-refractivity contribution in [3.05, 3.63) is 35.9 Å². The van der Waals surface area contributed by atoms with Crippen LogP contribution in [0, 0.1) is 0 Å². The fourth-order valence-corrected chi connectivity index (χ4v) is 3.79. The third kappa shape index (κ3) is 1.26. The molecule has 0 radical (unpaired) electrons. The molecule has 0 spiro atoms. The van der Waals surface area contributed by atoms with Crippen molar-refractivity contribution in [2.45, 2.75) is 44.2 Å². The first-order valence-corrected chi connectivity index (χ1v) is 6.03. The monoisotopic (exact) mass is 201 g/mol. The molecule has 0 aromatic heterocycles. The Kier molecular flexibility index (Phi) is 1.93. The molecule has 1 nitrogen and oxygen atoms in total. The van der Waals surface area contributed by atoms with Crippen LogP contribution in [0.25, 0.3) is 0 Å². The number of piperidine rings is 1. The molecule has 0 aliphatic carbocycles. The minimum atomic E-state index is 0.472. The number of rotatable bonds is 1. The molecule has 2 fully saturated rings. The molecular formula is C14H19N. The van der Waals surface area contributed by atoms with E-state index in [2.05, 4.69) is 49.1 Å². The van der Waals surface area contributed by atoms with E-state index < -0.39 is 0 Å². The molecule has 2 atom stereocenters. The maximum atomic E-state index is 2.67. The maximum Gasteiger partial charge on any atom is 0.0110 e. The summed E-state index contributed by atoms with van der Waals surface area (Å²) in [5.41, 5.74) is 2.03. The topological polar surface area (TPSA) is 3.24 Å². The zero-order valence-corrected chi connectivity index (χ0v) is 9.61. The Morgan fingerprint density at radius 2 is 1.67 bits per heavy atom. The van der Waals surface area contributed by atoms with Gasteiger partial charge in [-0.05, 0) is 32.3 Å². The Bertz CT molecular complexity index is 345. The second-order valence-corrected chi connectivity index (χ2v) is 5.42.